The monoisotopic (exact) mass is 292 g/mol. The molecule has 1 unspecified atom stereocenters. The second-order valence-electron chi connectivity index (χ2n) is 5.22. The molecule has 0 spiro atoms. The molecule has 0 radical (unpaired) electrons. The van der Waals surface area contributed by atoms with Crippen LogP contribution in [0.2, 0.25) is 0 Å². The zero-order valence-corrected chi connectivity index (χ0v) is 13.1. The number of hydrogen-bond acceptors (Lipinski definition) is 4. The highest BCUT2D eigenvalue weighted by atomic mass is 16.5. The molecule has 0 aromatic heterocycles. The van der Waals surface area contributed by atoms with Gasteiger partial charge in [0, 0.05) is 11.8 Å². The van der Waals surface area contributed by atoms with Crippen LogP contribution in [0, 0.1) is 0 Å². The van der Waals surface area contributed by atoms with Crippen molar-refractivity contribution in [2.45, 2.75) is 45.6 Å². The van der Waals surface area contributed by atoms with Crippen molar-refractivity contribution in [3.05, 3.63) is 23.8 Å². The van der Waals surface area contributed by atoms with Crippen molar-refractivity contribution in [3.8, 4) is 5.75 Å². The van der Waals surface area contributed by atoms with E-state index in [-0.39, 0.29) is 5.91 Å². The number of anilines is 1. The largest absolute Gasteiger partial charge is 0.496 e. The molecule has 1 rings (SSSR count). The first-order chi connectivity index (χ1) is 10.0. The summed E-state index contributed by atoms with van der Waals surface area (Å²) in [6.07, 6.45) is 1.90. The van der Waals surface area contributed by atoms with Gasteiger partial charge in [-0.1, -0.05) is 33.3 Å². The number of hydrogen-bond donors (Lipinski definition) is 2. The summed E-state index contributed by atoms with van der Waals surface area (Å²) in [5.74, 6) is 0.832. The molecule has 0 saturated heterocycles. The quantitative estimate of drug-likeness (QED) is 0.723. The smallest absolute Gasteiger partial charge is 0.248 e. The summed E-state index contributed by atoms with van der Waals surface area (Å²) in [7, 11) is 1.63. The molecule has 0 aliphatic heterocycles. The van der Waals surface area contributed by atoms with Crippen LogP contribution < -0.4 is 15.4 Å². The van der Waals surface area contributed by atoms with Gasteiger partial charge in [-0.15, -0.1) is 0 Å². The van der Waals surface area contributed by atoms with Crippen molar-refractivity contribution in [3.63, 3.8) is 0 Å². The number of ether oxygens (including phenoxy) is 1. The number of amides is 2. The van der Waals surface area contributed by atoms with Gasteiger partial charge in [0.15, 0.2) is 0 Å². The molecule has 2 N–H and O–H groups in total. The van der Waals surface area contributed by atoms with E-state index in [1.807, 2.05) is 25.1 Å². The molecule has 0 bridgehead atoms. The van der Waals surface area contributed by atoms with Crippen molar-refractivity contribution in [1.82, 2.24) is 5.32 Å². The van der Waals surface area contributed by atoms with Crippen LogP contribution in [0.5, 0.6) is 5.75 Å². The van der Waals surface area contributed by atoms with Gasteiger partial charge in [-0.25, -0.2) is 0 Å². The van der Waals surface area contributed by atoms with E-state index >= 15 is 0 Å². The van der Waals surface area contributed by atoms with Crippen LogP contribution in [0.3, 0.4) is 0 Å². The Bertz CT molecular complexity index is 486. The number of methoxy groups -OCH3 is 1. The van der Waals surface area contributed by atoms with E-state index in [2.05, 4.69) is 24.5 Å². The number of benzene rings is 1. The first-order valence-corrected chi connectivity index (χ1v) is 7.21. The van der Waals surface area contributed by atoms with Gasteiger partial charge in [-0.2, -0.15) is 0 Å². The summed E-state index contributed by atoms with van der Waals surface area (Å²) in [4.78, 5) is 22.2. The molecule has 0 saturated carbocycles. The summed E-state index contributed by atoms with van der Waals surface area (Å²) in [5, 5.41) is 5.35. The third-order valence-corrected chi connectivity index (χ3v) is 3.29. The Kier molecular flexibility index (Phi) is 6.72. The van der Waals surface area contributed by atoms with Crippen LogP contribution in [-0.2, 0) is 9.59 Å². The Hall–Kier alpha value is -2.04. The van der Waals surface area contributed by atoms with Crippen LogP contribution in [0.4, 0.5) is 5.69 Å². The van der Waals surface area contributed by atoms with Crippen LogP contribution in [0.25, 0.3) is 0 Å². The highest BCUT2D eigenvalue weighted by Crippen LogP contribution is 2.29. The highest BCUT2D eigenvalue weighted by Gasteiger charge is 2.17. The third kappa shape index (κ3) is 4.77. The summed E-state index contributed by atoms with van der Waals surface area (Å²) in [5.41, 5.74) is 1.92. The number of imide groups is 1. The maximum atomic E-state index is 11.8. The van der Waals surface area contributed by atoms with Gasteiger partial charge in [0.2, 0.25) is 12.3 Å². The maximum absolute atomic E-state index is 11.8. The van der Waals surface area contributed by atoms with Gasteiger partial charge in [0.25, 0.3) is 0 Å². The minimum Gasteiger partial charge on any atom is -0.496 e. The Balaban J connectivity index is 2.93. The number of rotatable bonds is 8. The average molecular weight is 292 g/mol. The van der Waals surface area contributed by atoms with E-state index in [4.69, 9.17) is 4.74 Å². The lowest BCUT2D eigenvalue weighted by molar-refractivity contribution is -0.125. The van der Waals surface area contributed by atoms with Gasteiger partial charge >= 0.3 is 0 Å². The number of nitrogens with one attached hydrogen (secondary N) is 2. The normalized spacial score (nSPS) is 11.9. The number of carbonyl (C=O) groups is 2. The van der Waals surface area contributed by atoms with E-state index in [1.165, 1.54) is 0 Å². The summed E-state index contributed by atoms with van der Waals surface area (Å²) < 4.78 is 5.40. The molecular weight excluding hydrogens is 268 g/mol. The van der Waals surface area contributed by atoms with Crippen LogP contribution in [-0.4, -0.2) is 25.5 Å². The fourth-order valence-electron chi connectivity index (χ4n) is 2.20. The first-order valence-electron chi connectivity index (χ1n) is 7.21. The summed E-state index contributed by atoms with van der Waals surface area (Å²) >= 11 is 0. The zero-order chi connectivity index (χ0) is 15.8. The molecule has 0 heterocycles. The Morgan fingerprint density at radius 3 is 2.62 bits per heavy atom. The van der Waals surface area contributed by atoms with Gasteiger partial charge < -0.3 is 10.1 Å². The lowest BCUT2D eigenvalue weighted by atomic mass is 10.0. The lowest BCUT2D eigenvalue weighted by Crippen LogP contribution is -2.38. The van der Waals surface area contributed by atoms with Crippen molar-refractivity contribution < 1.29 is 14.3 Å². The molecule has 5 heteroatoms. The van der Waals surface area contributed by atoms with E-state index in [0.717, 1.165) is 23.4 Å². The molecule has 21 heavy (non-hydrogen) atoms. The molecule has 116 valence electrons. The standard InChI is InChI=1S/C16H24N2O3/c1-5-6-14(16(20)17-10-19)18-12-7-8-13(11(2)3)15(9-12)21-4/h7-11,14,18H,5-6H2,1-4H3,(H,17,19,20). The van der Waals surface area contributed by atoms with Gasteiger partial charge in [-0.3, -0.25) is 14.9 Å². The Morgan fingerprint density at radius 2 is 2.10 bits per heavy atom. The van der Waals surface area contributed by atoms with E-state index in [0.29, 0.717) is 18.7 Å². The first kappa shape index (κ1) is 17.0. The van der Waals surface area contributed by atoms with Crippen molar-refractivity contribution >= 4 is 18.0 Å². The minimum atomic E-state index is -0.435. The SMILES string of the molecule is CCCC(Nc1ccc(C(C)C)c(OC)c1)C(=O)NC=O. The van der Waals surface area contributed by atoms with Crippen LogP contribution in [0.15, 0.2) is 18.2 Å². The molecule has 0 aliphatic carbocycles. The molecule has 0 aliphatic rings. The van der Waals surface area contributed by atoms with Crippen molar-refractivity contribution in [2.24, 2.45) is 0 Å². The van der Waals surface area contributed by atoms with Crippen molar-refractivity contribution in [2.75, 3.05) is 12.4 Å². The predicted molar refractivity (Wildman–Crippen MR) is 83.6 cm³/mol. The lowest BCUT2D eigenvalue weighted by Gasteiger charge is -2.19. The van der Waals surface area contributed by atoms with E-state index in [1.54, 1.807) is 7.11 Å². The second-order valence-corrected chi connectivity index (χ2v) is 5.22. The maximum Gasteiger partial charge on any atom is 0.248 e. The van der Waals surface area contributed by atoms with Gasteiger partial charge in [-0.05, 0) is 24.0 Å². The third-order valence-electron chi connectivity index (χ3n) is 3.29. The molecule has 2 amide bonds. The molecule has 1 atom stereocenters. The molecule has 1 aromatic rings. The van der Waals surface area contributed by atoms with Gasteiger partial charge in [0.1, 0.15) is 11.8 Å². The fourth-order valence-corrected chi connectivity index (χ4v) is 2.20. The Labute approximate surface area is 126 Å². The van der Waals surface area contributed by atoms with E-state index < -0.39 is 6.04 Å². The van der Waals surface area contributed by atoms with Crippen molar-refractivity contribution in [1.29, 1.82) is 0 Å². The average Bonchev–Trinajstić information content (AvgIpc) is 2.46. The van der Waals surface area contributed by atoms with Gasteiger partial charge in [0.05, 0.1) is 7.11 Å². The zero-order valence-electron chi connectivity index (χ0n) is 13.1. The summed E-state index contributed by atoms with van der Waals surface area (Å²) in [6, 6.07) is 5.36. The molecular formula is C16H24N2O3. The highest BCUT2D eigenvalue weighted by molar-refractivity contribution is 5.91. The Morgan fingerprint density at radius 1 is 1.38 bits per heavy atom. The molecule has 0 fully saturated rings. The van der Waals surface area contributed by atoms with E-state index in [9.17, 15) is 9.59 Å². The predicted octanol–water partition coefficient (Wildman–Crippen LogP) is 2.67. The minimum absolute atomic E-state index is 0.321. The molecule has 1 aromatic carbocycles. The summed E-state index contributed by atoms with van der Waals surface area (Å²) in [6.45, 7) is 6.19. The molecule has 5 nitrogen and oxygen atoms in total. The number of carbonyl (C=O) groups excluding carboxylic acids is 2. The fraction of sp³-hybridized carbons (Fsp3) is 0.500. The van der Waals surface area contributed by atoms with Crippen LogP contribution in [0.1, 0.15) is 45.1 Å². The second kappa shape index (κ2) is 8.29. The topological polar surface area (TPSA) is 67.4 Å². The van der Waals surface area contributed by atoms with Crippen LogP contribution >= 0.6 is 0 Å².